The molecule has 0 heterocycles. The van der Waals surface area contributed by atoms with Crippen LogP contribution < -0.4 is 5.32 Å². The van der Waals surface area contributed by atoms with Gasteiger partial charge in [0.25, 0.3) is 0 Å². The Kier molecular flexibility index (Phi) is 5.61. The van der Waals surface area contributed by atoms with Crippen molar-refractivity contribution in [3.8, 4) is 5.75 Å². The van der Waals surface area contributed by atoms with E-state index >= 15 is 0 Å². The molecule has 18 heavy (non-hydrogen) atoms. The first kappa shape index (κ1) is 14.5. The molecule has 0 bridgehead atoms. The van der Waals surface area contributed by atoms with Gasteiger partial charge in [-0.15, -0.1) is 0 Å². The van der Waals surface area contributed by atoms with Crippen LogP contribution in [0.1, 0.15) is 12.5 Å². The van der Waals surface area contributed by atoms with Crippen molar-refractivity contribution < 1.29 is 19.4 Å². The van der Waals surface area contributed by atoms with E-state index in [4.69, 9.17) is 9.47 Å². The molecular formula is C13H19NO4. The van der Waals surface area contributed by atoms with E-state index in [2.05, 4.69) is 5.32 Å². The Morgan fingerprint density at radius 1 is 1.33 bits per heavy atom. The molecule has 1 atom stereocenters. The molecular weight excluding hydrogens is 234 g/mol. The van der Waals surface area contributed by atoms with Crippen molar-refractivity contribution in [2.24, 2.45) is 0 Å². The molecule has 1 unspecified atom stereocenters. The van der Waals surface area contributed by atoms with E-state index in [1.807, 2.05) is 0 Å². The number of hydrogen-bond donors (Lipinski definition) is 2. The number of nitrogens with one attached hydrogen (secondary N) is 1. The van der Waals surface area contributed by atoms with Gasteiger partial charge in [0.05, 0.1) is 12.5 Å². The van der Waals surface area contributed by atoms with Gasteiger partial charge in [-0.25, -0.2) is 0 Å². The van der Waals surface area contributed by atoms with E-state index in [1.165, 1.54) is 14.2 Å². The maximum Gasteiger partial charge on any atom is 0.224 e. The van der Waals surface area contributed by atoms with Crippen LogP contribution in [0.3, 0.4) is 0 Å². The monoisotopic (exact) mass is 253 g/mol. The molecule has 0 aliphatic rings. The van der Waals surface area contributed by atoms with E-state index in [0.717, 1.165) is 0 Å². The van der Waals surface area contributed by atoms with Gasteiger partial charge in [0.2, 0.25) is 5.91 Å². The van der Waals surface area contributed by atoms with Crippen molar-refractivity contribution in [2.75, 3.05) is 14.2 Å². The molecule has 0 radical (unpaired) electrons. The number of aromatic hydroxyl groups is 1. The van der Waals surface area contributed by atoms with Gasteiger partial charge in [0, 0.05) is 19.8 Å². The zero-order valence-electron chi connectivity index (χ0n) is 10.8. The Balaban J connectivity index is 2.54. The summed E-state index contributed by atoms with van der Waals surface area (Å²) in [6.07, 6.45) is -0.365. The molecule has 1 aromatic rings. The van der Waals surface area contributed by atoms with E-state index < -0.39 is 6.29 Å². The van der Waals surface area contributed by atoms with Gasteiger partial charge in [-0.3, -0.25) is 4.79 Å². The van der Waals surface area contributed by atoms with Crippen LogP contribution in [0.25, 0.3) is 0 Å². The molecule has 0 aliphatic heterocycles. The Morgan fingerprint density at radius 2 is 1.94 bits per heavy atom. The van der Waals surface area contributed by atoms with E-state index in [-0.39, 0.29) is 24.1 Å². The fourth-order valence-corrected chi connectivity index (χ4v) is 1.71. The van der Waals surface area contributed by atoms with Gasteiger partial charge in [0.15, 0.2) is 6.29 Å². The number of ether oxygens (including phenoxy) is 2. The first-order valence-electron chi connectivity index (χ1n) is 5.70. The second-order valence-corrected chi connectivity index (χ2v) is 4.00. The van der Waals surface area contributed by atoms with Crippen molar-refractivity contribution in [1.29, 1.82) is 0 Å². The summed E-state index contributed by atoms with van der Waals surface area (Å²) >= 11 is 0. The summed E-state index contributed by atoms with van der Waals surface area (Å²) in [6, 6.07) is 6.49. The minimum Gasteiger partial charge on any atom is -0.508 e. The van der Waals surface area contributed by atoms with Gasteiger partial charge in [0.1, 0.15) is 5.75 Å². The standard InChI is InChI=1S/C13H19NO4/c1-9(13(17-2)18-3)14-12(16)8-10-6-4-5-7-11(10)15/h4-7,9,13,15H,8H2,1-3H3,(H,14,16). The van der Waals surface area contributed by atoms with Crippen LogP contribution in [0.2, 0.25) is 0 Å². The van der Waals surface area contributed by atoms with Gasteiger partial charge < -0.3 is 19.9 Å². The van der Waals surface area contributed by atoms with Gasteiger partial charge >= 0.3 is 0 Å². The lowest BCUT2D eigenvalue weighted by Gasteiger charge is -2.22. The lowest BCUT2D eigenvalue weighted by Crippen LogP contribution is -2.43. The first-order chi connectivity index (χ1) is 8.58. The highest BCUT2D eigenvalue weighted by Crippen LogP contribution is 2.16. The van der Waals surface area contributed by atoms with Gasteiger partial charge in [-0.2, -0.15) is 0 Å². The van der Waals surface area contributed by atoms with Crippen molar-refractivity contribution in [3.63, 3.8) is 0 Å². The number of methoxy groups -OCH3 is 2. The van der Waals surface area contributed by atoms with Crippen molar-refractivity contribution in [1.82, 2.24) is 5.32 Å². The smallest absolute Gasteiger partial charge is 0.224 e. The zero-order chi connectivity index (χ0) is 13.5. The number of carbonyl (C=O) groups is 1. The Morgan fingerprint density at radius 3 is 2.50 bits per heavy atom. The van der Waals surface area contributed by atoms with Crippen LogP contribution in [-0.2, 0) is 20.7 Å². The molecule has 0 aromatic heterocycles. The molecule has 100 valence electrons. The van der Waals surface area contributed by atoms with Crippen molar-refractivity contribution in [2.45, 2.75) is 25.7 Å². The summed E-state index contributed by atoms with van der Waals surface area (Å²) in [7, 11) is 3.03. The quantitative estimate of drug-likeness (QED) is 0.744. The predicted molar refractivity (Wildman–Crippen MR) is 67.2 cm³/mol. The number of para-hydroxylation sites is 1. The molecule has 5 heteroatoms. The highest BCUT2D eigenvalue weighted by molar-refractivity contribution is 5.79. The summed E-state index contributed by atoms with van der Waals surface area (Å²) in [6.45, 7) is 1.79. The van der Waals surface area contributed by atoms with Crippen LogP contribution in [0.4, 0.5) is 0 Å². The van der Waals surface area contributed by atoms with E-state index in [0.29, 0.717) is 5.56 Å². The largest absolute Gasteiger partial charge is 0.508 e. The third-order valence-corrected chi connectivity index (χ3v) is 2.60. The third-order valence-electron chi connectivity index (χ3n) is 2.60. The number of phenols is 1. The topological polar surface area (TPSA) is 67.8 Å². The maximum absolute atomic E-state index is 11.8. The van der Waals surface area contributed by atoms with Crippen molar-refractivity contribution >= 4 is 5.91 Å². The average Bonchev–Trinajstić information content (AvgIpc) is 2.33. The number of carbonyl (C=O) groups excluding carboxylic acids is 1. The summed E-state index contributed by atoms with van der Waals surface area (Å²) in [5.41, 5.74) is 0.591. The van der Waals surface area contributed by atoms with Gasteiger partial charge in [-0.1, -0.05) is 18.2 Å². The van der Waals surface area contributed by atoms with Crippen LogP contribution in [0.5, 0.6) is 5.75 Å². The molecule has 0 saturated carbocycles. The molecule has 1 amide bonds. The molecule has 1 rings (SSSR count). The first-order valence-corrected chi connectivity index (χ1v) is 5.70. The summed E-state index contributed by atoms with van der Waals surface area (Å²) in [4.78, 5) is 11.8. The molecule has 0 spiro atoms. The molecule has 0 saturated heterocycles. The van der Waals surface area contributed by atoms with Crippen molar-refractivity contribution in [3.05, 3.63) is 29.8 Å². The highest BCUT2D eigenvalue weighted by atomic mass is 16.7. The number of benzene rings is 1. The summed E-state index contributed by atoms with van der Waals surface area (Å²) in [5.74, 6) is -0.0709. The van der Waals surface area contributed by atoms with Crippen LogP contribution in [0.15, 0.2) is 24.3 Å². The SMILES string of the molecule is COC(OC)C(C)NC(=O)Cc1ccccc1O. The summed E-state index contributed by atoms with van der Waals surface area (Å²) < 4.78 is 10.1. The predicted octanol–water partition coefficient (Wildman–Crippen LogP) is 1.06. The molecule has 5 nitrogen and oxygen atoms in total. The number of rotatable bonds is 6. The normalized spacial score (nSPS) is 12.4. The second kappa shape index (κ2) is 6.98. The minimum absolute atomic E-state index is 0.121. The maximum atomic E-state index is 11.8. The lowest BCUT2D eigenvalue weighted by molar-refractivity contribution is -0.135. The number of phenolic OH excluding ortho intramolecular Hbond substituents is 1. The molecule has 1 aromatic carbocycles. The van der Waals surface area contributed by atoms with E-state index in [1.54, 1.807) is 31.2 Å². The lowest BCUT2D eigenvalue weighted by atomic mass is 10.1. The van der Waals surface area contributed by atoms with Crippen LogP contribution in [0, 0.1) is 0 Å². The zero-order valence-corrected chi connectivity index (χ0v) is 10.8. The fourth-order valence-electron chi connectivity index (χ4n) is 1.71. The molecule has 0 fully saturated rings. The van der Waals surface area contributed by atoms with Crippen LogP contribution >= 0.6 is 0 Å². The summed E-state index contributed by atoms with van der Waals surface area (Å²) in [5, 5.41) is 12.3. The van der Waals surface area contributed by atoms with Crippen LogP contribution in [-0.4, -0.2) is 37.6 Å². The fraction of sp³-hybridized carbons (Fsp3) is 0.462. The Hall–Kier alpha value is -1.59. The minimum atomic E-state index is -0.488. The number of amides is 1. The molecule has 2 N–H and O–H groups in total. The number of hydrogen-bond acceptors (Lipinski definition) is 4. The molecule has 0 aliphatic carbocycles. The van der Waals surface area contributed by atoms with E-state index in [9.17, 15) is 9.90 Å². The Bertz CT molecular complexity index is 390. The highest BCUT2D eigenvalue weighted by Gasteiger charge is 2.18. The second-order valence-electron chi connectivity index (χ2n) is 4.00. The van der Waals surface area contributed by atoms with Gasteiger partial charge in [-0.05, 0) is 13.0 Å². The average molecular weight is 253 g/mol. The third kappa shape index (κ3) is 4.01. The Labute approximate surface area is 107 Å².